The predicted octanol–water partition coefficient (Wildman–Crippen LogP) is 2.32. The molecule has 1 heterocycles. The molecule has 0 atom stereocenters. The number of fused-ring (bicyclic) bond motifs is 1. The van der Waals surface area contributed by atoms with Crippen molar-refractivity contribution in [3.05, 3.63) is 58.6 Å². The van der Waals surface area contributed by atoms with Crippen molar-refractivity contribution in [3.63, 3.8) is 0 Å². The van der Waals surface area contributed by atoms with Gasteiger partial charge in [0.1, 0.15) is 5.75 Å². The fraction of sp³-hybridized carbons (Fsp3) is 0.176. The molecular weight excluding hydrogens is 296 g/mol. The van der Waals surface area contributed by atoms with Crippen LogP contribution in [0.1, 0.15) is 5.56 Å². The highest BCUT2D eigenvalue weighted by atomic mass is 16.5. The topological polar surface area (TPSA) is 73.5 Å². The number of aromatic nitrogens is 1. The van der Waals surface area contributed by atoms with Gasteiger partial charge in [-0.1, -0.05) is 12.1 Å². The molecule has 6 nitrogen and oxygen atoms in total. The maximum Gasteiger partial charge on any atom is 0.419 e. The van der Waals surface area contributed by atoms with E-state index in [1.165, 1.54) is 4.57 Å². The number of rotatable bonds is 4. The van der Waals surface area contributed by atoms with Crippen molar-refractivity contribution in [3.8, 4) is 5.75 Å². The number of nitrogens with one attached hydrogen (secondary N) is 1. The van der Waals surface area contributed by atoms with Gasteiger partial charge >= 0.3 is 5.76 Å². The highest BCUT2D eigenvalue weighted by Gasteiger charge is 2.09. The van der Waals surface area contributed by atoms with E-state index in [9.17, 15) is 9.59 Å². The van der Waals surface area contributed by atoms with Crippen LogP contribution in [0.5, 0.6) is 5.75 Å². The van der Waals surface area contributed by atoms with E-state index in [1.807, 2.05) is 12.1 Å². The quantitative estimate of drug-likeness (QED) is 0.802. The summed E-state index contributed by atoms with van der Waals surface area (Å²) in [6.07, 6.45) is 0.201. The SMILES string of the molecule is COc1cccc(NC(=O)Cc2ccc3oc(=O)n(C)c3c2)c1. The number of oxazole rings is 1. The third-order valence-electron chi connectivity index (χ3n) is 3.57. The molecule has 6 heteroatoms. The average molecular weight is 312 g/mol. The first-order valence-corrected chi connectivity index (χ1v) is 7.09. The maximum absolute atomic E-state index is 12.2. The van der Waals surface area contributed by atoms with Gasteiger partial charge in [-0.3, -0.25) is 9.36 Å². The van der Waals surface area contributed by atoms with E-state index in [1.54, 1.807) is 44.5 Å². The number of carbonyl (C=O) groups excluding carboxylic acids is 1. The fourth-order valence-corrected chi connectivity index (χ4v) is 2.37. The molecular formula is C17H16N2O4. The third-order valence-corrected chi connectivity index (χ3v) is 3.57. The molecule has 2 aromatic carbocycles. The van der Waals surface area contributed by atoms with Crippen LogP contribution in [0, 0.1) is 0 Å². The Labute approximate surface area is 132 Å². The number of hydrogen-bond acceptors (Lipinski definition) is 4. The van der Waals surface area contributed by atoms with Crippen molar-refractivity contribution in [2.24, 2.45) is 7.05 Å². The van der Waals surface area contributed by atoms with E-state index < -0.39 is 5.76 Å². The fourth-order valence-electron chi connectivity index (χ4n) is 2.37. The van der Waals surface area contributed by atoms with Gasteiger partial charge in [0.2, 0.25) is 5.91 Å². The number of anilines is 1. The Bertz CT molecular complexity index is 924. The average Bonchev–Trinajstić information content (AvgIpc) is 2.82. The monoisotopic (exact) mass is 312 g/mol. The number of benzene rings is 2. The van der Waals surface area contributed by atoms with E-state index in [0.29, 0.717) is 22.5 Å². The maximum atomic E-state index is 12.2. The molecule has 0 aliphatic heterocycles. The van der Waals surface area contributed by atoms with Gasteiger partial charge in [0.05, 0.1) is 19.0 Å². The van der Waals surface area contributed by atoms with Crippen LogP contribution in [-0.2, 0) is 18.3 Å². The molecule has 23 heavy (non-hydrogen) atoms. The molecule has 0 spiro atoms. The lowest BCUT2D eigenvalue weighted by atomic mass is 10.1. The minimum absolute atomic E-state index is 0.147. The van der Waals surface area contributed by atoms with Crippen LogP contribution in [0.3, 0.4) is 0 Å². The third kappa shape index (κ3) is 3.11. The number of methoxy groups -OCH3 is 1. The molecule has 0 radical (unpaired) electrons. The Morgan fingerprint density at radius 3 is 2.87 bits per heavy atom. The molecule has 0 unspecified atom stereocenters. The summed E-state index contributed by atoms with van der Waals surface area (Å²) in [5.74, 6) is 0.113. The molecule has 1 N–H and O–H groups in total. The highest BCUT2D eigenvalue weighted by Crippen LogP contribution is 2.18. The second-order valence-electron chi connectivity index (χ2n) is 5.19. The van der Waals surface area contributed by atoms with Crippen molar-refractivity contribution < 1.29 is 13.9 Å². The number of aryl methyl sites for hydroxylation is 1. The molecule has 1 aromatic heterocycles. The van der Waals surface area contributed by atoms with Crippen molar-refractivity contribution in [2.75, 3.05) is 12.4 Å². The first kappa shape index (κ1) is 14.9. The normalized spacial score (nSPS) is 10.7. The van der Waals surface area contributed by atoms with Gasteiger partial charge < -0.3 is 14.5 Å². The van der Waals surface area contributed by atoms with Crippen molar-refractivity contribution in [1.82, 2.24) is 4.57 Å². The van der Waals surface area contributed by atoms with Crippen LogP contribution in [0.15, 0.2) is 51.7 Å². The Balaban J connectivity index is 1.77. The second-order valence-corrected chi connectivity index (χ2v) is 5.19. The van der Waals surface area contributed by atoms with Crippen molar-refractivity contribution >= 4 is 22.7 Å². The summed E-state index contributed by atoms with van der Waals surface area (Å²) >= 11 is 0. The Kier molecular flexibility index (Phi) is 3.89. The zero-order chi connectivity index (χ0) is 16.4. The highest BCUT2D eigenvalue weighted by molar-refractivity contribution is 5.93. The smallest absolute Gasteiger partial charge is 0.419 e. The van der Waals surface area contributed by atoms with Gasteiger partial charge in [-0.2, -0.15) is 0 Å². The summed E-state index contributed by atoms with van der Waals surface area (Å²) in [7, 11) is 3.21. The van der Waals surface area contributed by atoms with Crippen molar-refractivity contribution in [1.29, 1.82) is 0 Å². The molecule has 118 valence electrons. The van der Waals surface area contributed by atoms with Gasteiger partial charge in [-0.05, 0) is 29.8 Å². The summed E-state index contributed by atoms with van der Waals surface area (Å²) < 4.78 is 11.6. The van der Waals surface area contributed by atoms with E-state index in [0.717, 1.165) is 5.56 Å². The Morgan fingerprint density at radius 2 is 2.09 bits per heavy atom. The molecule has 0 bridgehead atoms. The summed E-state index contributed by atoms with van der Waals surface area (Å²) in [5.41, 5.74) is 2.65. The molecule has 0 aliphatic rings. The number of nitrogens with zero attached hydrogens (tertiary/aromatic N) is 1. The van der Waals surface area contributed by atoms with Crippen LogP contribution < -0.4 is 15.8 Å². The minimum Gasteiger partial charge on any atom is -0.497 e. The molecule has 0 saturated carbocycles. The summed E-state index contributed by atoms with van der Waals surface area (Å²) in [5, 5.41) is 2.82. The standard InChI is InChI=1S/C17H16N2O4/c1-19-14-8-11(6-7-15(14)23-17(19)21)9-16(20)18-12-4-3-5-13(10-12)22-2/h3-8,10H,9H2,1-2H3,(H,18,20). The van der Waals surface area contributed by atoms with E-state index in [2.05, 4.69) is 5.32 Å². The van der Waals surface area contributed by atoms with Crippen LogP contribution in [-0.4, -0.2) is 17.6 Å². The van der Waals surface area contributed by atoms with Gasteiger partial charge in [-0.15, -0.1) is 0 Å². The minimum atomic E-state index is -0.419. The lowest BCUT2D eigenvalue weighted by Gasteiger charge is -2.07. The summed E-state index contributed by atoms with van der Waals surface area (Å²) in [6.45, 7) is 0. The number of carbonyl (C=O) groups is 1. The van der Waals surface area contributed by atoms with E-state index in [4.69, 9.17) is 9.15 Å². The largest absolute Gasteiger partial charge is 0.497 e. The zero-order valence-electron chi connectivity index (χ0n) is 12.8. The van der Waals surface area contributed by atoms with Crippen LogP contribution in [0.4, 0.5) is 5.69 Å². The first-order valence-electron chi connectivity index (χ1n) is 7.09. The molecule has 3 rings (SSSR count). The summed E-state index contributed by atoms with van der Waals surface area (Å²) in [4.78, 5) is 23.6. The molecule has 0 saturated heterocycles. The Hall–Kier alpha value is -3.02. The zero-order valence-corrected chi connectivity index (χ0v) is 12.8. The van der Waals surface area contributed by atoms with Crippen LogP contribution in [0.25, 0.3) is 11.1 Å². The van der Waals surface area contributed by atoms with E-state index in [-0.39, 0.29) is 12.3 Å². The van der Waals surface area contributed by atoms with Crippen LogP contribution in [0.2, 0.25) is 0 Å². The lowest BCUT2D eigenvalue weighted by Crippen LogP contribution is -2.14. The lowest BCUT2D eigenvalue weighted by molar-refractivity contribution is -0.115. The summed E-state index contributed by atoms with van der Waals surface area (Å²) in [6, 6.07) is 12.4. The number of hydrogen-bond donors (Lipinski definition) is 1. The second kappa shape index (κ2) is 6.00. The van der Waals surface area contributed by atoms with Gasteiger partial charge in [0, 0.05) is 18.8 Å². The number of amides is 1. The first-order chi connectivity index (χ1) is 11.1. The molecule has 0 fully saturated rings. The van der Waals surface area contributed by atoms with Gasteiger partial charge in [-0.25, -0.2) is 4.79 Å². The van der Waals surface area contributed by atoms with Crippen LogP contribution >= 0.6 is 0 Å². The predicted molar refractivity (Wildman–Crippen MR) is 86.8 cm³/mol. The molecule has 0 aliphatic carbocycles. The van der Waals surface area contributed by atoms with Gasteiger partial charge in [0.25, 0.3) is 0 Å². The van der Waals surface area contributed by atoms with E-state index >= 15 is 0 Å². The molecule has 3 aromatic rings. The number of ether oxygens (including phenoxy) is 1. The Morgan fingerprint density at radius 1 is 1.26 bits per heavy atom. The van der Waals surface area contributed by atoms with Gasteiger partial charge in [0.15, 0.2) is 5.58 Å². The van der Waals surface area contributed by atoms with Crippen molar-refractivity contribution in [2.45, 2.75) is 6.42 Å². The molecule has 1 amide bonds.